The summed E-state index contributed by atoms with van der Waals surface area (Å²) in [6.45, 7) is 2.69. The molecule has 6 rings (SSSR count). The van der Waals surface area contributed by atoms with Gasteiger partial charge < -0.3 is 23.5 Å². The number of benzene rings is 2. The van der Waals surface area contributed by atoms with Crippen LogP contribution in [0.25, 0.3) is 0 Å². The molecule has 3 aliphatic rings. The molecule has 8 nitrogen and oxygen atoms in total. The number of para-hydroxylation sites is 1. The van der Waals surface area contributed by atoms with Crippen molar-refractivity contribution in [3.63, 3.8) is 0 Å². The summed E-state index contributed by atoms with van der Waals surface area (Å²) in [5.74, 6) is 1.37. The van der Waals surface area contributed by atoms with Gasteiger partial charge in [-0.15, -0.1) is 0 Å². The number of hydrogen-bond acceptors (Lipinski definition) is 7. The van der Waals surface area contributed by atoms with Crippen LogP contribution in [0.2, 0.25) is 0 Å². The molecule has 0 unspecified atom stereocenters. The van der Waals surface area contributed by atoms with Gasteiger partial charge >= 0.3 is 5.97 Å². The van der Waals surface area contributed by atoms with Gasteiger partial charge in [0.15, 0.2) is 11.5 Å². The van der Waals surface area contributed by atoms with E-state index in [0.717, 1.165) is 29.9 Å². The summed E-state index contributed by atoms with van der Waals surface area (Å²) >= 11 is 0. The highest BCUT2D eigenvalue weighted by molar-refractivity contribution is 5.93. The second kappa shape index (κ2) is 9.35. The van der Waals surface area contributed by atoms with Crippen LogP contribution >= 0.6 is 0 Å². The minimum atomic E-state index is -0.482. The molecule has 0 atom stereocenters. The Balaban J connectivity index is 1.27. The Morgan fingerprint density at radius 3 is 2.61 bits per heavy atom. The van der Waals surface area contributed by atoms with Gasteiger partial charge in [0.05, 0.1) is 7.11 Å². The van der Waals surface area contributed by atoms with E-state index in [1.54, 1.807) is 4.57 Å². The van der Waals surface area contributed by atoms with Crippen molar-refractivity contribution in [2.45, 2.75) is 38.5 Å². The van der Waals surface area contributed by atoms with Crippen molar-refractivity contribution in [3.05, 3.63) is 86.8 Å². The summed E-state index contributed by atoms with van der Waals surface area (Å²) in [4.78, 5) is 28.4. The quantitative estimate of drug-likeness (QED) is 0.511. The molecule has 3 heterocycles. The first kappa shape index (κ1) is 22.7. The largest absolute Gasteiger partial charge is 0.489 e. The number of ether oxygens (including phenoxy) is 4. The van der Waals surface area contributed by atoms with Crippen LogP contribution in [0.15, 0.2) is 53.3 Å². The Morgan fingerprint density at radius 2 is 1.83 bits per heavy atom. The maximum atomic E-state index is 13.2. The van der Waals surface area contributed by atoms with E-state index in [4.69, 9.17) is 18.9 Å². The number of nitrogens with zero attached hydrogens (tertiary/aromatic N) is 2. The minimum Gasteiger partial charge on any atom is -0.489 e. The van der Waals surface area contributed by atoms with Gasteiger partial charge in [0, 0.05) is 62.8 Å². The number of methoxy groups -OCH3 is 1. The minimum absolute atomic E-state index is 0.127. The maximum absolute atomic E-state index is 13.2. The summed E-state index contributed by atoms with van der Waals surface area (Å²) in [6, 6.07) is 15.6. The summed E-state index contributed by atoms with van der Waals surface area (Å²) in [6.07, 6.45) is 1.89. The molecular weight excluding hydrogens is 460 g/mol. The van der Waals surface area contributed by atoms with Gasteiger partial charge in [0.25, 0.3) is 5.56 Å². The van der Waals surface area contributed by atoms with Crippen LogP contribution in [-0.4, -0.2) is 48.5 Å². The molecule has 0 saturated carbocycles. The zero-order valence-electron chi connectivity index (χ0n) is 20.2. The van der Waals surface area contributed by atoms with Crippen LogP contribution < -0.4 is 19.8 Å². The third-order valence-electron chi connectivity index (χ3n) is 7.25. The van der Waals surface area contributed by atoms with Gasteiger partial charge in [-0.05, 0) is 17.2 Å². The molecule has 2 aliphatic heterocycles. The monoisotopic (exact) mass is 488 g/mol. The van der Waals surface area contributed by atoms with Crippen molar-refractivity contribution in [3.8, 4) is 17.2 Å². The first-order valence-electron chi connectivity index (χ1n) is 12.3. The van der Waals surface area contributed by atoms with Crippen LogP contribution in [0.4, 0.5) is 0 Å². The van der Waals surface area contributed by atoms with E-state index in [1.807, 2.05) is 30.3 Å². The SMILES string of the molecule is COC(=O)c1c(OC2Cc3ccccc3C2)cc(=O)n2c1CCN(Cc1cccc3c1OCO3)CC2. The number of esters is 1. The molecule has 3 aromatic rings. The number of hydrogen-bond donors (Lipinski definition) is 0. The molecule has 186 valence electrons. The van der Waals surface area contributed by atoms with Crippen molar-refractivity contribution < 1.29 is 23.7 Å². The highest BCUT2D eigenvalue weighted by Gasteiger charge is 2.30. The summed E-state index contributed by atoms with van der Waals surface area (Å²) in [5, 5.41) is 0. The highest BCUT2D eigenvalue weighted by Crippen LogP contribution is 2.36. The number of carbonyl (C=O) groups is 1. The predicted molar refractivity (Wildman–Crippen MR) is 132 cm³/mol. The van der Waals surface area contributed by atoms with Gasteiger partial charge in [-0.25, -0.2) is 4.79 Å². The third-order valence-corrected chi connectivity index (χ3v) is 7.25. The number of carbonyl (C=O) groups excluding carboxylic acids is 1. The van der Waals surface area contributed by atoms with E-state index < -0.39 is 5.97 Å². The van der Waals surface area contributed by atoms with E-state index in [1.165, 1.54) is 24.3 Å². The standard InChI is InChI=1S/C28H28N2O6/c1-33-28(32)26-22-9-10-29(16-20-7-4-8-23-27(20)35-17-34-23)11-12-30(22)25(31)15-24(26)36-21-13-18-5-2-3-6-19(18)14-21/h2-8,15,21H,9-14,16-17H2,1H3. The molecular formula is C28H28N2O6. The average molecular weight is 489 g/mol. The second-order valence-electron chi connectivity index (χ2n) is 9.41. The molecule has 1 aromatic heterocycles. The lowest BCUT2D eigenvalue weighted by Crippen LogP contribution is -2.30. The maximum Gasteiger partial charge on any atom is 0.343 e. The molecule has 0 bridgehead atoms. The van der Waals surface area contributed by atoms with Crippen LogP contribution in [0, 0.1) is 0 Å². The Bertz CT molecular complexity index is 1360. The average Bonchev–Trinajstić information content (AvgIpc) is 3.47. The predicted octanol–water partition coefficient (Wildman–Crippen LogP) is 2.97. The Morgan fingerprint density at radius 1 is 1.03 bits per heavy atom. The normalized spacial score (nSPS) is 16.8. The third kappa shape index (κ3) is 4.11. The van der Waals surface area contributed by atoms with Crippen LogP contribution in [0.5, 0.6) is 17.2 Å². The van der Waals surface area contributed by atoms with E-state index in [0.29, 0.717) is 49.6 Å². The fourth-order valence-electron chi connectivity index (χ4n) is 5.50. The molecule has 8 heteroatoms. The lowest BCUT2D eigenvalue weighted by molar-refractivity contribution is 0.0590. The van der Waals surface area contributed by atoms with Crippen molar-refractivity contribution in [1.29, 1.82) is 0 Å². The lowest BCUT2D eigenvalue weighted by Gasteiger charge is -2.20. The van der Waals surface area contributed by atoms with E-state index >= 15 is 0 Å². The summed E-state index contributed by atoms with van der Waals surface area (Å²) in [7, 11) is 1.36. The Labute approximate surface area is 209 Å². The zero-order valence-corrected chi connectivity index (χ0v) is 20.2. The van der Waals surface area contributed by atoms with Gasteiger partial charge in [0.2, 0.25) is 6.79 Å². The van der Waals surface area contributed by atoms with Gasteiger partial charge in [-0.3, -0.25) is 9.69 Å². The molecule has 36 heavy (non-hydrogen) atoms. The topological polar surface area (TPSA) is 79.2 Å². The van der Waals surface area contributed by atoms with E-state index in [9.17, 15) is 9.59 Å². The van der Waals surface area contributed by atoms with E-state index in [2.05, 4.69) is 17.0 Å². The van der Waals surface area contributed by atoms with Crippen molar-refractivity contribution in [2.24, 2.45) is 0 Å². The number of aromatic nitrogens is 1. The second-order valence-corrected chi connectivity index (χ2v) is 9.41. The lowest BCUT2D eigenvalue weighted by atomic mass is 10.1. The van der Waals surface area contributed by atoms with Crippen molar-refractivity contribution in [2.75, 3.05) is 27.0 Å². The van der Waals surface area contributed by atoms with Crippen LogP contribution in [-0.2, 0) is 37.1 Å². The molecule has 0 spiro atoms. The van der Waals surface area contributed by atoms with Gasteiger partial charge in [-0.1, -0.05) is 36.4 Å². The zero-order chi connectivity index (χ0) is 24.6. The Hall–Kier alpha value is -3.78. The van der Waals surface area contributed by atoms with Crippen LogP contribution in [0.3, 0.4) is 0 Å². The molecule has 2 aromatic carbocycles. The highest BCUT2D eigenvalue weighted by atomic mass is 16.7. The van der Waals surface area contributed by atoms with E-state index in [-0.39, 0.29) is 18.5 Å². The molecule has 0 radical (unpaired) electrons. The van der Waals surface area contributed by atoms with Crippen molar-refractivity contribution >= 4 is 5.97 Å². The first-order valence-corrected chi connectivity index (χ1v) is 12.3. The Kier molecular flexibility index (Phi) is 5.89. The smallest absolute Gasteiger partial charge is 0.343 e. The van der Waals surface area contributed by atoms with Crippen molar-refractivity contribution in [1.82, 2.24) is 9.47 Å². The molecule has 0 fully saturated rings. The molecule has 0 amide bonds. The molecule has 1 aliphatic carbocycles. The number of pyridine rings is 1. The van der Waals surface area contributed by atoms with Gasteiger partial charge in [0.1, 0.15) is 17.4 Å². The van der Waals surface area contributed by atoms with Gasteiger partial charge in [-0.2, -0.15) is 0 Å². The fraction of sp³-hybridized carbons (Fsp3) is 0.357. The van der Waals surface area contributed by atoms with Crippen LogP contribution in [0.1, 0.15) is 32.7 Å². The fourth-order valence-corrected chi connectivity index (χ4v) is 5.50. The molecule has 0 saturated heterocycles. The number of rotatable bonds is 5. The summed E-state index contributed by atoms with van der Waals surface area (Å²) in [5.41, 5.74) is 4.38. The number of fused-ring (bicyclic) bond motifs is 3. The summed E-state index contributed by atoms with van der Waals surface area (Å²) < 4.78 is 24.3. The molecule has 0 N–H and O–H groups in total. The first-order chi connectivity index (χ1) is 17.6.